The Morgan fingerprint density at radius 3 is 1.43 bits per heavy atom. The summed E-state index contributed by atoms with van der Waals surface area (Å²) in [7, 11) is 0. The maximum Gasteiger partial charge on any atom is 0.0471 e. The van der Waals surface area contributed by atoms with E-state index in [1.165, 1.54) is 11.1 Å². The lowest BCUT2D eigenvalue weighted by Gasteiger charge is -2.75. The fraction of sp³-hybridized carbons (Fsp3) is 0.833. The van der Waals surface area contributed by atoms with Crippen molar-refractivity contribution < 1.29 is 10.2 Å². The van der Waals surface area contributed by atoms with Gasteiger partial charge in [-0.2, -0.15) is 0 Å². The number of aliphatic hydroxyl groups is 2. The highest BCUT2D eigenvalue weighted by Crippen LogP contribution is 2.77. The van der Waals surface area contributed by atoms with Crippen molar-refractivity contribution in [2.24, 2.45) is 22.7 Å². The van der Waals surface area contributed by atoms with Gasteiger partial charge in [-0.15, -0.1) is 0 Å². The molecule has 0 aromatic carbocycles. The number of aliphatic hydroxyl groups excluding tert-OH is 2. The van der Waals surface area contributed by atoms with Gasteiger partial charge in [0.2, 0.25) is 0 Å². The van der Waals surface area contributed by atoms with Gasteiger partial charge in [0.05, 0.1) is 0 Å². The number of fused-ring (bicyclic) bond motifs is 1. The molecule has 2 aliphatic rings. The number of rotatable bonds is 2. The third-order valence-electron chi connectivity index (χ3n) is 5.56. The van der Waals surface area contributed by atoms with Crippen LogP contribution in [0.4, 0.5) is 0 Å². The topological polar surface area (TPSA) is 40.5 Å². The molecule has 0 amide bonds. The summed E-state index contributed by atoms with van der Waals surface area (Å²) in [6.07, 6.45) is 0. The molecule has 0 aliphatic heterocycles. The molecule has 4 unspecified atom stereocenters. The van der Waals surface area contributed by atoms with E-state index in [1.54, 1.807) is 0 Å². The molecule has 2 aliphatic carbocycles. The lowest BCUT2D eigenvalue weighted by Crippen LogP contribution is -2.71. The average molecular weight is 196 g/mol. The molecule has 0 bridgehead atoms. The van der Waals surface area contributed by atoms with Gasteiger partial charge < -0.3 is 10.2 Å². The first-order valence-electron chi connectivity index (χ1n) is 5.36. The van der Waals surface area contributed by atoms with Gasteiger partial charge in [0, 0.05) is 24.0 Å². The van der Waals surface area contributed by atoms with Crippen LogP contribution < -0.4 is 0 Å². The lowest BCUT2D eigenvalue weighted by atomic mass is 9.29. The second-order valence-corrected chi connectivity index (χ2v) is 5.23. The quantitative estimate of drug-likeness (QED) is 0.658. The summed E-state index contributed by atoms with van der Waals surface area (Å²) in [6, 6.07) is 0. The maximum absolute atomic E-state index is 9.36. The summed E-state index contributed by atoms with van der Waals surface area (Å²) in [4.78, 5) is 0. The van der Waals surface area contributed by atoms with E-state index in [9.17, 15) is 10.2 Å². The Balaban J connectivity index is 2.41. The summed E-state index contributed by atoms with van der Waals surface area (Å²) in [5.74, 6) is 0.502. The molecule has 80 valence electrons. The molecule has 0 heterocycles. The second-order valence-electron chi connectivity index (χ2n) is 5.23. The summed E-state index contributed by atoms with van der Waals surface area (Å²) in [5, 5.41) is 18.7. The van der Waals surface area contributed by atoms with E-state index in [4.69, 9.17) is 0 Å². The van der Waals surface area contributed by atoms with Gasteiger partial charge in [0.25, 0.3) is 0 Å². The molecule has 2 N–H and O–H groups in total. The van der Waals surface area contributed by atoms with Crippen LogP contribution in [0.1, 0.15) is 27.7 Å². The molecule has 1 saturated carbocycles. The molecule has 2 heteroatoms. The van der Waals surface area contributed by atoms with Crippen LogP contribution in [0.2, 0.25) is 0 Å². The van der Waals surface area contributed by atoms with E-state index in [0.29, 0.717) is 0 Å². The fourth-order valence-electron chi connectivity index (χ4n) is 4.15. The molecule has 0 spiro atoms. The van der Waals surface area contributed by atoms with Gasteiger partial charge in [0.15, 0.2) is 0 Å². The normalized spacial score (nSPS) is 51.0. The first kappa shape index (κ1) is 10.2. The summed E-state index contributed by atoms with van der Waals surface area (Å²) < 4.78 is 0. The second kappa shape index (κ2) is 2.61. The van der Waals surface area contributed by atoms with Crippen molar-refractivity contribution in [3.8, 4) is 0 Å². The summed E-state index contributed by atoms with van der Waals surface area (Å²) in [6.45, 7) is 9.16. The third-order valence-corrected chi connectivity index (χ3v) is 5.56. The molecule has 14 heavy (non-hydrogen) atoms. The van der Waals surface area contributed by atoms with Crippen molar-refractivity contribution >= 4 is 0 Å². The smallest absolute Gasteiger partial charge is 0.0471 e. The highest BCUT2D eigenvalue weighted by molar-refractivity contribution is 5.48. The average Bonchev–Trinajstić information content (AvgIpc) is 2.20. The molecule has 0 saturated heterocycles. The van der Waals surface area contributed by atoms with Crippen LogP contribution in [0.5, 0.6) is 0 Å². The van der Waals surface area contributed by atoms with Crippen LogP contribution >= 0.6 is 0 Å². The first-order chi connectivity index (χ1) is 6.46. The molecular weight excluding hydrogens is 176 g/mol. The first-order valence-corrected chi connectivity index (χ1v) is 5.36. The van der Waals surface area contributed by atoms with Crippen LogP contribution in [-0.2, 0) is 0 Å². The highest BCUT2D eigenvalue weighted by atomic mass is 16.3. The van der Waals surface area contributed by atoms with Crippen LogP contribution in [-0.4, -0.2) is 23.4 Å². The minimum absolute atomic E-state index is 0.138. The Bertz CT molecular complexity index is 277. The van der Waals surface area contributed by atoms with Gasteiger partial charge in [0.1, 0.15) is 0 Å². The van der Waals surface area contributed by atoms with Crippen molar-refractivity contribution in [1.29, 1.82) is 0 Å². The number of hydrogen-bond donors (Lipinski definition) is 2. The van der Waals surface area contributed by atoms with Crippen molar-refractivity contribution in [1.82, 2.24) is 0 Å². The monoisotopic (exact) mass is 196 g/mol. The Morgan fingerprint density at radius 2 is 1.21 bits per heavy atom. The molecule has 2 rings (SSSR count). The Kier molecular flexibility index (Phi) is 1.90. The van der Waals surface area contributed by atoms with Crippen molar-refractivity contribution in [3.05, 3.63) is 11.1 Å². The van der Waals surface area contributed by atoms with Crippen LogP contribution in [0.15, 0.2) is 11.1 Å². The Morgan fingerprint density at radius 1 is 0.929 bits per heavy atom. The zero-order chi connectivity index (χ0) is 10.7. The molecular formula is C12H20O2. The van der Waals surface area contributed by atoms with E-state index in [2.05, 4.69) is 27.7 Å². The van der Waals surface area contributed by atoms with Gasteiger partial charge in [-0.3, -0.25) is 0 Å². The van der Waals surface area contributed by atoms with E-state index in [0.717, 1.165) is 0 Å². The maximum atomic E-state index is 9.36. The molecule has 0 radical (unpaired) electrons. The van der Waals surface area contributed by atoms with Crippen LogP contribution in [0.3, 0.4) is 0 Å². The Hall–Kier alpha value is -0.340. The fourth-order valence-corrected chi connectivity index (χ4v) is 4.15. The summed E-state index contributed by atoms with van der Waals surface area (Å²) in [5.41, 5.74) is 3.12. The van der Waals surface area contributed by atoms with Crippen molar-refractivity contribution in [2.75, 3.05) is 13.2 Å². The minimum Gasteiger partial charge on any atom is -0.396 e. The third kappa shape index (κ3) is 0.664. The van der Waals surface area contributed by atoms with E-state index in [-0.39, 0.29) is 35.9 Å². The minimum atomic E-state index is 0.138. The highest BCUT2D eigenvalue weighted by Gasteiger charge is 2.72. The van der Waals surface area contributed by atoms with Gasteiger partial charge in [-0.05, 0) is 25.7 Å². The van der Waals surface area contributed by atoms with Gasteiger partial charge in [-0.25, -0.2) is 0 Å². The predicted octanol–water partition coefficient (Wildman–Crippen LogP) is 1.58. The largest absolute Gasteiger partial charge is 0.396 e. The molecule has 1 fully saturated rings. The molecule has 2 nitrogen and oxygen atoms in total. The van der Waals surface area contributed by atoms with Crippen LogP contribution in [0, 0.1) is 22.7 Å². The molecule has 4 atom stereocenters. The van der Waals surface area contributed by atoms with E-state index < -0.39 is 0 Å². The molecule has 0 aromatic heterocycles. The van der Waals surface area contributed by atoms with E-state index in [1.807, 2.05) is 0 Å². The zero-order valence-electron chi connectivity index (χ0n) is 9.46. The summed E-state index contributed by atoms with van der Waals surface area (Å²) >= 11 is 0. The zero-order valence-corrected chi connectivity index (χ0v) is 9.46. The Labute approximate surface area is 85.6 Å². The van der Waals surface area contributed by atoms with Crippen LogP contribution in [0.25, 0.3) is 0 Å². The number of hydrogen-bond acceptors (Lipinski definition) is 2. The number of allylic oxidation sites excluding steroid dienone is 2. The van der Waals surface area contributed by atoms with E-state index >= 15 is 0 Å². The lowest BCUT2D eigenvalue weighted by molar-refractivity contribution is -0.200. The standard InChI is InChI=1S/C12H20O2/c1-7-8(2)12(4)10(6-14)9(5-13)11(7,12)3/h9-10,13-14H,5-6H2,1-4H3. The predicted molar refractivity (Wildman–Crippen MR) is 55.7 cm³/mol. The molecule has 0 aromatic rings. The van der Waals surface area contributed by atoms with Crippen molar-refractivity contribution in [3.63, 3.8) is 0 Å². The SMILES string of the molecule is CC1=C(C)C2(C)C(CO)C(CO)C12C. The van der Waals surface area contributed by atoms with Gasteiger partial charge in [-0.1, -0.05) is 25.0 Å². The van der Waals surface area contributed by atoms with Gasteiger partial charge >= 0.3 is 0 Å². The van der Waals surface area contributed by atoms with Crippen molar-refractivity contribution in [2.45, 2.75) is 27.7 Å².